The summed E-state index contributed by atoms with van der Waals surface area (Å²) in [4.78, 5) is 35.0. The van der Waals surface area contributed by atoms with Crippen LogP contribution in [0.3, 0.4) is 0 Å². The van der Waals surface area contributed by atoms with E-state index in [2.05, 4.69) is 0 Å². The molecule has 26 heavy (non-hydrogen) atoms. The van der Waals surface area contributed by atoms with Crippen LogP contribution in [0.4, 0.5) is 11.4 Å². The maximum absolute atomic E-state index is 12.5. The van der Waals surface area contributed by atoms with Gasteiger partial charge in [0.25, 0.3) is 5.69 Å². The van der Waals surface area contributed by atoms with Crippen LogP contribution in [0.2, 0.25) is 0 Å². The molecule has 0 aliphatic heterocycles. The molecule has 3 rings (SSSR count). The van der Waals surface area contributed by atoms with Crippen molar-refractivity contribution in [2.75, 3.05) is 5.73 Å². The number of fused-ring (bicyclic) bond motifs is 1. The first-order valence-corrected chi connectivity index (χ1v) is 8.27. The lowest BCUT2D eigenvalue weighted by Crippen LogP contribution is -2.24. The number of esters is 1. The first kappa shape index (κ1) is 17.6. The number of ether oxygens (including phenoxy) is 1. The zero-order valence-electron chi connectivity index (χ0n) is 14.2. The quantitative estimate of drug-likeness (QED) is 0.290. The summed E-state index contributed by atoms with van der Waals surface area (Å²) in [5.74, 6) is -1.12. The van der Waals surface area contributed by atoms with E-state index in [0.29, 0.717) is 5.56 Å². The first-order chi connectivity index (χ1) is 12.4. The summed E-state index contributed by atoms with van der Waals surface area (Å²) < 4.78 is 5.19. The third kappa shape index (κ3) is 3.42. The van der Waals surface area contributed by atoms with Gasteiger partial charge in [-0.3, -0.25) is 14.9 Å². The number of ketones is 1. The molecule has 1 atom stereocenters. The molecule has 0 fully saturated rings. The Kier molecular flexibility index (Phi) is 4.71. The molecule has 1 aliphatic rings. The van der Waals surface area contributed by atoms with Gasteiger partial charge in [-0.1, -0.05) is 12.1 Å². The number of hydrogen-bond donors (Lipinski definition) is 1. The molecule has 0 saturated carbocycles. The number of nitro groups is 1. The second-order valence-electron chi connectivity index (χ2n) is 6.28. The number of nitrogens with zero attached hydrogens (tertiary/aromatic N) is 1. The molecule has 2 N–H and O–H groups in total. The molecule has 0 spiro atoms. The molecule has 0 unspecified atom stereocenters. The van der Waals surface area contributed by atoms with Crippen molar-refractivity contribution in [3.8, 4) is 0 Å². The minimum atomic E-state index is -1.00. The number of nitro benzene ring substituents is 1. The summed E-state index contributed by atoms with van der Waals surface area (Å²) in [7, 11) is 0. The molecule has 2 aromatic rings. The van der Waals surface area contributed by atoms with Crippen LogP contribution in [0, 0.1) is 10.1 Å². The van der Waals surface area contributed by atoms with E-state index >= 15 is 0 Å². The SMILES string of the molecule is C[C@@H](OC(=O)c1ccc(N)c([N+](=O)[O-])c1)C(=O)c1ccc2c(c1)CCC2. The van der Waals surface area contributed by atoms with Crippen LogP contribution in [0.15, 0.2) is 36.4 Å². The monoisotopic (exact) mass is 354 g/mol. The third-order valence-corrected chi connectivity index (χ3v) is 4.50. The average molecular weight is 354 g/mol. The van der Waals surface area contributed by atoms with Crippen molar-refractivity contribution in [2.24, 2.45) is 0 Å². The molecule has 7 heteroatoms. The molecular formula is C19H18N2O5. The highest BCUT2D eigenvalue weighted by Gasteiger charge is 2.23. The molecule has 0 aromatic heterocycles. The third-order valence-electron chi connectivity index (χ3n) is 4.50. The van der Waals surface area contributed by atoms with Crippen molar-refractivity contribution in [2.45, 2.75) is 32.3 Å². The lowest BCUT2D eigenvalue weighted by Gasteiger charge is -2.13. The zero-order chi connectivity index (χ0) is 18.8. The Hall–Kier alpha value is -3.22. The van der Waals surface area contributed by atoms with Crippen LogP contribution in [-0.2, 0) is 17.6 Å². The fourth-order valence-electron chi connectivity index (χ4n) is 3.07. The van der Waals surface area contributed by atoms with Gasteiger partial charge in [0.2, 0.25) is 5.78 Å². The number of nitrogens with two attached hydrogens (primary N) is 1. The standard InChI is InChI=1S/C19H18N2O5/c1-11(18(22)14-6-5-12-3-2-4-13(12)9-14)26-19(23)15-7-8-16(20)17(10-15)21(24)25/h5-11H,2-4,20H2,1H3/t11-/m1/s1. The summed E-state index contributed by atoms with van der Waals surface area (Å²) in [6, 6.07) is 9.17. The van der Waals surface area contributed by atoms with Crippen molar-refractivity contribution >= 4 is 23.1 Å². The largest absolute Gasteiger partial charge is 0.451 e. The predicted octanol–water partition coefficient (Wildman–Crippen LogP) is 3.09. The van der Waals surface area contributed by atoms with Gasteiger partial charge in [0.1, 0.15) is 5.69 Å². The average Bonchev–Trinajstić information content (AvgIpc) is 3.08. The normalized spacial score (nSPS) is 13.7. The molecule has 2 aromatic carbocycles. The second-order valence-corrected chi connectivity index (χ2v) is 6.28. The Bertz CT molecular complexity index is 907. The van der Waals surface area contributed by atoms with Crippen LogP contribution >= 0.6 is 0 Å². The van der Waals surface area contributed by atoms with Crippen molar-refractivity contribution in [3.63, 3.8) is 0 Å². The van der Waals surface area contributed by atoms with E-state index in [4.69, 9.17) is 10.5 Å². The van der Waals surface area contributed by atoms with E-state index in [1.165, 1.54) is 24.6 Å². The number of aryl methyl sites for hydroxylation is 2. The van der Waals surface area contributed by atoms with E-state index < -0.39 is 17.0 Å². The fourth-order valence-corrected chi connectivity index (χ4v) is 3.07. The highest BCUT2D eigenvalue weighted by Crippen LogP contribution is 2.25. The minimum absolute atomic E-state index is 0.0282. The van der Waals surface area contributed by atoms with E-state index in [1.807, 2.05) is 12.1 Å². The van der Waals surface area contributed by atoms with E-state index in [1.54, 1.807) is 6.07 Å². The number of benzene rings is 2. The van der Waals surface area contributed by atoms with Gasteiger partial charge in [0.05, 0.1) is 10.5 Å². The number of carbonyl (C=O) groups excluding carboxylic acids is 2. The van der Waals surface area contributed by atoms with Crippen LogP contribution in [-0.4, -0.2) is 22.8 Å². The molecule has 0 radical (unpaired) electrons. The lowest BCUT2D eigenvalue weighted by atomic mass is 10.0. The van der Waals surface area contributed by atoms with Crippen LogP contribution in [0.1, 0.15) is 45.2 Å². The molecule has 134 valence electrons. The Balaban J connectivity index is 1.74. The Morgan fingerprint density at radius 2 is 1.81 bits per heavy atom. The fraction of sp³-hybridized carbons (Fsp3) is 0.263. The van der Waals surface area contributed by atoms with Gasteiger partial charge >= 0.3 is 5.97 Å². The van der Waals surface area contributed by atoms with Crippen LogP contribution in [0.25, 0.3) is 0 Å². The number of rotatable bonds is 5. The van der Waals surface area contributed by atoms with Gasteiger partial charge in [-0.15, -0.1) is 0 Å². The predicted molar refractivity (Wildman–Crippen MR) is 95.2 cm³/mol. The molecule has 0 bridgehead atoms. The molecule has 7 nitrogen and oxygen atoms in total. The maximum atomic E-state index is 12.5. The molecule has 0 heterocycles. The first-order valence-electron chi connectivity index (χ1n) is 8.27. The minimum Gasteiger partial charge on any atom is -0.451 e. The number of hydrogen-bond acceptors (Lipinski definition) is 6. The van der Waals surface area contributed by atoms with Gasteiger partial charge in [-0.25, -0.2) is 4.79 Å². The zero-order valence-corrected chi connectivity index (χ0v) is 14.2. The van der Waals surface area contributed by atoms with E-state index in [0.717, 1.165) is 30.9 Å². The van der Waals surface area contributed by atoms with Crippen molar-refractivity contribution in [3.05, 3.63) is 68.8 Å². The highest BCUT2D eigenvalue weighted by molar-refractivity contribution is 6.01. The van der Waals surface area contributed by atoms with Crippen LogP contribution in [0.5, 0.6) is 0 Å². The number of carbonyl (C=O) groups is 2. The van der Waals surface area contributed by atoms with Gasteiger partial charge in [0.15, 0.2) is 6.10 Å². The molecule has 0 saturated heterocycles. The maximum Gasteiger partial charge on any atom is 0.339 e. The van der Waals surface area contributed by atoms with Crippen LogP contribution < -0.4 is 5.73 Å². The summed E-state index contributed by atoms with van der Waals surface area (Å²) >= 11 is 0. The number of anilines is 1. The van der Waals surface area contributed by atoms with Crippen molar-refractivity contribution in [1.82, 2.24) is 0 Å². The summed E-state index contributed by atoms with van der Waals surface area (Å²) in [5.41, 5.74) is 7.96. The summed E-state index contributed by atoms with van der Waals surface area (Å²) in [6.45, 7) is 1.49. The van der Waals surface area contributed by atoms with Gasteiger partial charge in [-0.05, 0) is 55.5 Å². The molecule has 1 aliphatic carbocycles. The van der Waals surface area contributed by atoms with Gasteiger partial charge in [0, 0.05) is 11.6 Å². The van der Waals surface area contributed by atoms with Crippen molar-refractivity contribution < 1.29 is 19.2 Å². The smallest absolute Gasteiger partial charge is 0.339 e. The number of nitrogen functional groups attached to an aromatic ring is 1. The second kappa shape index (κ2) is 6.95. The van der Waals surface area contributed by atoms with Gasteiger partial charge in [-0.2, -0.15) is 0 Å². The molecular weight excluding hydrogens is 336 g/mol. The van der Waals surface area contributed by atoms with E-state index in [9.17, 15) is 19.7 Å². The van der Waals surface area contributed by atoms with E-state index in [-0.39, 0.29) is 22.7 Å². The van der Waals surface area contributed by atoms with Crippen molar-refractivity contribution in [1.29, 1.82) is 0 Å². The lowest BCUT2D eigenvalue weighted by molar-refractivity contribution is -0.383. The number of Topliss-reactive ketones (excluding diaryl/α,β-unsaturated/α-hetero) is 1. The summed E-state index contributed by atoms with van der Waals surface area (Å²) in [6.07, 6.45) is 2.04. The Morgan fingerprint density at radius 3 is 2.54 bits per heavy atom. The Morgan fingerprint density at radius 1 is 1.12 bits per heavy atom. The topological polar surface area (TPSA) is 113 Å². The summed E-state index contributed by atoms with van der Waals surface area (Å²) in [5, 5.41) is 10.9. The molecule has 0 amide bonds. The van der Waals surface area contributed by atoms with Gasteiger partial charge < -0.3 is 10.5 Å². The highest BCUT2D eigenvalue weighted by atomic mass is 16.6. The Labute approximate surface area is 149 Å².